The summed E-state index contributed by atoms with van der Waals surface area (Å²) in [4.78, 5) is 30.6. The molecule has 0 saturated carbocycles. The maximum atomic E-state index is 13.7. The minimum atomic E-state index is -3.12. The van der Waals surface area contributed by atoms with Crippen molar-refractivity contribution < 1.29 is 22.8 Å². The standard InChI is InChI=1S/C29H24F2N4O3/c1-17(20-4-5-22-18(2)15-38-26(22)11-20)9-19-3-6-25-24(10-19)23(7-8-33-25)28(37)34-14-27(36)35-16-29(30,31)12-21(35)13-32/h3-11,15,21H,12,14,16H2,1-2H3,(H,34,37)/b17-9+/t21-/m0/s1. The number of hydrogen-bond acceptors (Lipinski definition) is 5. The van der Waals surface area contributed by atoms with Crippen molar-refractivity contribution in [2.24, 2.45) is 0 Å². The highest BCUT2D eigenvalue weighted by atomic mass is 19.3. The van der Waals surface area contributed by atoms with Gasteiger partial charge in [-0.1, -0.05) is 24.3 Å². The molecule has 3 heterocycles. The number of benzene rings is 2. The van der Waals surface area contributed by atoms with Gasteiger partial charge in [-0.3, -0.25) is 14.6 Å². The highest BCUT2D eigenvalue weighted by Gasteiger charge is 2.47. The predicted molar refractivity (Wildman–Crippen MR) is 139 cm³/mol. The van der Waals surface area contributed by atoms with E-state index < -0.39 is 43.3 Å². The van der Waals surface area contributed by atoms with Gasteiger partial charge in [0.1, 0.15) is 11.6 Å². The third-order valence-electron chi connectivity index (χ3n) is 6.76. The lowest BCUT2D eigenvalue weighted by molar-refractivity contribution is -0.131. The minimum Gasteiger partial charge on any atom is -0.464 e. The van der Waals surface area contributed by atoms with Crippen LogP contribution in [0.15, 0.2) is 59.3 Å². The smallest absolute Gasteiger partial charge is 0.268 e. The highest BCUT2D eigenvalue weighted by Crippen LogP contribution is 2.32. The molecule has 38 heavy (non-hydrogen) atoms. The van der Waals surface area contributed by atoms with Crippen molar-refractivity contribution >= 4 is 45.3 Å². The fourth-order valence-electron chi connectivity index (χ4n) is 4.74. The molecule has 1 aliphatic heterocycles. The molecule has 1 saturated heterocycles. The molecule has 0 radical (unpaired) electrons. The predicted octanol–water partition coefficient (Wildman–Crippen LogP) is 5.34. The van der Waals surface area contributed by atoms with E-state index >= 15 is 0 Å². The number of nitrogens with zero attached hydrogens (tertiary/aromatic N) is 3. The van der Waals surface area contributed by atoms with Crippen LogP contribution in [-0.4, -0.2) is 46.8 Å². The summed E-state index contributed by atoms with van der Waals surface area (Å²) >= 11 is 0. The summed E-state index contributed by atoms with van der Waals surface area (Å²) in [5.74, 6) is -4.39. The molecule has 9 heteroatoms. The minimum absolute atomic E-state index is 0.298. The zero-order valence-electron chi connectivity index (χ0n) is 20.8. The zero-order valence-corrected chi connectivity index (χ0v) is 20.8. The lowest BCUT2D eigenvalue weighted by atomic mass is 10.0. The topological polar surface area (TPSA) is 99.2 Å². The largest absolute Gasteiger partial charge is 0.464 e. The van der Waals surface area contributed by atoms with Crippen LogP contribution in [0.5, 0.6) is 0 Å². The fraction of sp³-hybridized carbons (Fsp3) is 0.241. The number of likely N-dealkylation sites (tertiary alicyclic amines) is 1. The van der Waals surface area contributed by atoms with Gasteiger partial charge in [0, 0.05) is 23.4 Å². The number of aromatic nitrogens is 1. The molecule has 0 spiro atoms. The molecule has 1 atom stereocenters. The summed E-state index contributed by atoms with van der Waals surface area (Å²) in [6.45, 7) is 2.65. The Bertz CT molecular complexity index is 1650. The van der Waals surface area contributed by atoms with Crippen molar-refractivity contribution in [3.8, 4) is 6.07 Å². The van der Waals surface area contributed by atoms with E-state index in [2.05, 4.69) is 10.3 Å². The van der Waals surface area contributed by atoms with Gasteiger partial charge in [-0.2, -0.15) is 5.26 Å². The fourth-order valence-corrected chi connectivity index (χ4v) is 4.74. The number of carbonyl (C=O) groups is 2. The molecule has 7 nitrogen and oxygen atoms in total. The number of amides is 2. The van der Waals surface area contributed by atoms with Gasteiger partial charge in [-0.15, -0.1) is 0 Å². The molecule has 2 aromatic heterocycles. The summed E-state index contributed by atoms with van der Waals surface area (Å²) < 4.78 is 33.0. The van der Waals surface area contributed by atoms with Gasteiger partial charge in [0.25, 0.3) is 11.8 Å². The quantitative estimate of drug-likeness (QED) is 0.363. The summed E-state index contributed by atoms with van der Waals surface area (Å²) in [7, 11) is 0. The summed E-state index contributed by atoms with van der Waals surface area (Å²) in [5, 5.41) is 13.3. The normalized spacial score (nSPS) is 17.1. The molecule has 2 amide bonds. The Morgan fingerprint density at radius 3 is 2.84 bits per heavy atom. The van der Waals surface area contributed by atoms with Gasteiger partial charge in [0.2, 0.25) is 5.91 Å². The Morgan fingerprint density at radius 1 is 1.24 bits per heavy atom. The van der Waals surface area contributed by atoms with E-state index in [1.165, 1.54) is 12.3 Å². The molecule has 1 fully saturated rings. The number of fused-ring (bicyclic) bond motifs is 2. The molecule has 1 aliphatic rings. The average Bonchev–Trinajstić information content (AvgIpc) is 3.44. The number of pyridine rings is 1. The van der Waals surface area contributed by atoms with E-state index in [0.29, 0.717) is 16.5 Å². The van der Waals surface area contributed by atoms with E-state index in [9.17, 15) is 18.4 Å². The maximum Gasteiger partial charge on any atom is 0.268 e. The molecular formula is C29H24F2N4O3. The van der Waals surface area contributed by atoms with Gasteiger partial charge in [-0.25, -0.2) is 8.78 Å². The van der Waals surface area contributed by atoms with Crippen molar-refractivity contribution in [3.05, 3.63) is 77.2 Å². The number of hydrogen-bond donors (Lipinski definition) is 1. The lowest BCUT2D eigenvalue weighted by Gasteiger charge is -2.19. The van der Waals surface area contributed by atoms with Crippen molar-refractivity contribution in [1.29, 1.82) is 5.26 Å². The number of alkyl halides is 2. The van der Waals surface area contributed by atoms with Gasteiger partial charge in [-0.05, 0) is 60.4 Å². The van der Waals surface area contributed by atoms with Crippen LogP contribution in [0.3, 0.4) is 0 Å². The number of nitriles is 1. The van der Waals surface area contributed by atoms with Crippen molar-refractivity contribution in [1.82, 2.24) is 15.2 Å². The monoisotopic (exact) mass is 514 g/mol. The van der Waals surface area contributed by atoms with Crippen molar-refractivity contribution in [2.75, 3.05) is 13.1 Å². The van der Waals surface area contributed by atoms with E-state index in [0.717, 1.165) is 38.1 Å². The van der Waals surface area contributed by atoms with Gasteiger partial charge in [0.05, 0.1) is 36.5 Å². The van der Waals surface area contributed by atoms with Gasteiger partial charge >= 0.3 is 0 Å². The molecule has 2 aromatic carbocycles. The molecular weight excluding hydrogens is 490 g/mol. The summed E-state index contributed by atoms with van der Waals surface area (Å²) in [6, 6.07) is 13.6. The third-order valence-corrected chi connectivity index (χ3v) is 6.76. The van der Waals surface area contributed by atoms with Crippen LogP contribution in [0.2, 0.25) is 0 Å². The van der Waals surface area contributed by atoms with Gasteiger partial charge < -0.3 is 14.6 Å². The van der Waals surface area contributed by atoms with Crippen LogP contribution in [0.1, 0.15) is 40.4 Å². The molecule has 4 aromatic rings. The van der Waals surface area contributed by atoms with Crippen LogP contribution in [-0.2, 0) is 4.79 Å². The Hall–Kier alpha value is -4.58. The second kappa shape index (κ2) is 9.71. The molecule has 192 valence electrons. The molecule has 0 aliphatic carbocycles. The van der Waals surface area contributed by atoms with E-state index in [-0.39, 0.29) is 0 Å². The Labute approximate surface area is 217 Å². The Kier molecular flexibility index (Phi) is 6.41. The first kappa shape index (κ1) is 25.1. The van der Waals surface area contributed by atoms with Gasteiger partial charge in [0.15, 0.2) is 0 Å². The van der Waals surface area contributed by atoms with E-state index in [4.69, 9.17) is 9.68 Å². The van der Waals surface area contributed by atoms with Crippen LogP contribution in [0, 0.1) is 18.3 Å². The number of aryl methyl sites for hydroxylation is 1. The van der Waals surface area contributed by atoms with Crippen LogP contribution in [0.4, 0.5) is 8.78 Å². The first-order valence-electron chi connectivity index (χ1n) is 12.1. The number of furan rings is 1. The number of rotatable bonds is 5. The third kappa shape index (κ3) is 4.85. The van der Waals surface area contributed by atoms with Crippen molar-refractivity contribution in [2.45, 2.75) is 32.2 Å². The van der Waals surface area contributed by atoms with Crippen molar-refractivity contribution in [3.63, 3.8) is 0 Å². The SMILES string of the molecule is C/C(=C\c1ccc2nccc(C(=O)NCC(=O)N3CC(F)(F)C[C@H]3C#N)c2c1)c1ccc2c(C)coc2c1. The van der Waals surface area contributed by atoms with E-state index in [1.807, 2.05) is 50.3 Å². The molecule has 1 N–H and O–H groups in total. The Balaban J connectivity index is 1.36. The summed E-state index contributed by atoms with van der Waals surface area (Å²) in [6.07, 6.45) is 4.51. The van der Waals surface area contributed by atoms with E-state index in [1.54, 1.807) is 18.4 Å². The number of carbonyl (C=O) groups excluding carboxylic acids is 2. The molecule has 5 rings (SSSR count). The lowest BCUT2D eigenvalue weighted by Crippen LogP contribution is -2.43. The zero-order chi connectivity index (χ0) is 27.0. The van der Waals surface area contributed by atoms with Crippen LogP contribution >= 0.6 is 0 Å². The number of allylic oxidation sites excluding steroid dienone is 1. The van der Waals surface area contributed by atoms with Crippen LogP contribution in [0.25, 0.3) is 33.5 Å². The molecule has 0 unspecified atom stereocenters. The maximum absolute atomic E-state index is 13.7. The summed E-state index contributed by atoms with van der Waals surface area (Å²) in [5.41, 5.74) is 5.61. The number of nitrogens with one attached hydrogen (secondary N) is 1. The average molecular weight is 515 g/mol. The molecule has 0 bridgehead atoms. The number of halogens is 2. The second-order valence-corrected chi connectivity index (χ2v) is 9.50. The first-order valence-corrected chi connectivity index (χ1v) is 12.1. The first-order chi connectivity index (χ1) is 18.1. The van der Waals surface area contributed by atoms with Crippen LogP contribution < -0.4 is 5.32 Å². The second-order valence-electron chi connectivity index (χ2n) is 9.50. The highest BCUT2D eigenvalue weighted by molar-refractivity contribution is 6.07. The Morgan fingerprint density at radius 2 is 2.05 bits per heavy atom.